The van der Waals surface area contributed by atoms with Gasteiger partial charge in [-0.3, -0.25) is 4.79 Å². The number of benzene rings is 2. The second-order valence-electron chi connectivity index (χ2n) is 7.83. The van der Waals surface area contributed by atoms with Crippen LogP contribution < -0.4 is 9.47 Å². The van der Waals surface area contributed by atoms with E-state index in [-0.39, 0.29) is 11.1 Å². The summed E-state index contributed by atoms with van der Waals surface area (Å²) < 4.78 is 50.5. The number of carbonyl (C=O) groups is 1. The highest BCUT2D eigenvalue weighted by Gasteiger charge is 2.32. The third-order valence-corrected chi connectivity index (χ3v) is 4.89. The highest BCUT2D eigenvalue weighted by molar-refractivity contribution is 6.07. The lowest BCUT2D eigenvalue weighted by Gasteiger charge is -2.11. The highest BCUT2D eigenvalue weighted by Crippen LogP contribution is 2.33. The Hall–Kier alpha value is -3.28. The van der Waals surface area contributed by atoms with Crippen molar-refractivity contribution >= 4 is 11.9 Å². The van der Waals surface area contributed by atoms with Crippen molar-refractivity contribution in [2.24, 2.45) is 0 Å². The molecule has 176 valence electrons. The molecule has 2 aromatic rings. The number of allylic oxidation sites excluding steroid dienone is 4. The Morgan fingerprint density at radius 2 is 1.73 bits per heavy atom. The fourth-order valence-electron chi connectivity index (χ4n) is 3.07. The molecule has 33 heavy (non-hydrogen) atoms. The SMILES string of the molecule is COc1cc(C(=O)/C=C/c2ccccc2C(F)(F)F)ccc1OC/C=C(\C)CCC=C(C)C. The van der Waals surface area contributed by atoms with E-state index < -0.39 is 17.5 Å². The van der Waals surface area contributed by atoms with Crippen LogP contribution in [-0.2, 0) is 6.18 Å². The van der Waals surface area contributed by atoms with Crippen LogP contribution in [0.15, 0.2) is 71.8 Å². The molecule has 0 aliphatic rings. The van der Waals surface area contributed by atoms with Crippen LogP contribution in [0.3, 0.4) is 0 Å². The molecular weight excluding hydrogens is 429 g/mol. The standard InChI is InChI=1S/C27H29F3O3/c1-19(2)8-7-9-20(3)16-17-33-25-15-13-22(18-26(25)32-4)24(31)14-12-21-10-5-6-11-23(21)27(28,29)30/h5-6,8,10-16,18H,7,9,17H2,1-4H3/b14-12+,20-16+. The average Bonchev–Trinajstić information content (AvgIpc) is 2.77. The van der Waals surface area contributed by atoms with E-state index in [0.717, 1.165) is 25.0 Å². The number of carbonyl (C=O) groups excluding carboxylic acids is 1. The van der Waals surface area contributed by atoms with Crippen molar-refractivity contribution < 1.29 is 27.4 Å². The predicted octanol–water partition coefficient (Wildman–Crippen LogP) is 7.68. The maximum Gasteiger partial charge on any atom is 0.416 e. The van der Waals surface area contributed by atoms with Crippen molar-refractivity contribution in [1.29, 1.82) is 0 Å². The molecule has 0 N–H and O–H groups in total. The molecule has 0 spiro atoms. The number of halogens is 3. The van der Waals surface area contributed by atoms with Crippen LogP contribution in [-0.4, -0.2) is 19.5 Å². The largest absolute Gasteiger partial charge is 0.493 e. The van der Waals surface area contributed by atoms with E-state index in [1.807, 2.05) is 13.0 Å². The highest BCUT2D eigenvalue weighted by atomic mass is 19.4. The Bertz CT molecular complexity index is 1040. The molecule has 0 aromatic heterocycles. The summed E-state index contributed by atoms with van der Waals surface area (Å²) in [7, 11) is 1.46. The Morgan fingerprint density at radius 1 is 1.00 bits per heavy atom. The Balaban J connectivity index is 2.08. The predicted molar refractivity (Wildman–Crippen MR) is 126 cm³/mol. The summed E-state index contributed by atoms with van der Waals surface area (Å²) in [6.07, 6.45) is 3.91. The van der Waals surface area contributed by atoms with E-state index in [2.05, 4.69) is 19.9 Å². The number of rotatable bonds is 10. The van der Waals surface area contributed by atoms with E-state index in [9.17, 15) is 18.0 Å². The average molecular weight is 459 g/mol. The molecule has 0 fully saturated rings. The van der Waals surface area contributed by atoms with Crippen LogP contribution in [0.4, 0.5) is 13.2 Å². The van der Waals surface area contributed by atoms with Gasteiger partial charge >= 0.3 is 6.18 Å². The van der Waals surface area contributed by atoms with Crippen LogP contribution in [0.25, 0.3) is 6.08 Å². The molecule has 2 aromatic carbocycles. The minimum atomic E-state index is -4.50. The Morgan fingerprint density at radius 3 is 2.39 bits per heavy atom. The van der Waals surface area contributed by atoms with Gasteiger partial charge in [0.05, 0.1) is 12.7 Å². The smallest absolute Gasteiger partial charge is 0.416 e. The molecule has 0 unspecified atom stereocenters. The first-order chi connectivity index (χ1) is 15.6. The van der Waals surface area contributed by atoms with E-state index in [1.54, 1.807) is 12.1 Å². The zero-order chi connectivity index (χ0) is 24.4. The van der Waals surface area contributed by atoms with Crippen LogP contribution >= 0.6 is 0 Å². The van der Waals surface area contributed by atoms with Crippen LogP contribution in [0.5, 0.6) is 11.5 Å². The molecule has 0 atom stereocenters. The first-order valence-corrected chi connectivity index (χ1v) is 10.6. The number of ether oxygens (including phenoxy) is 2. The number of hydrogen-bond donors (Lipinski definition) is 0. The van der Waals surface area contributed by atoms with Gasteiger partial charge in [-0.2, -0.15) is 13.2 Å². The minimum absolute atomic E-state index is 0.0722. The zero-order valence-electron chi connectivity index (χ0n) is 19.3. The van der Waals surface area contributed by atoms with Gasteiger partial charge in [-0.05, 0) is 75.6 Å². The second-order valence-corrected chi connectivity index (χ2v) is 7.83. The summed E-state index contributed by atoms with van der Waals surface area (Å²) in [6.45, 7) is 6.54. The van der Waals surface area contributed by atoms with Crippen molar-refractivity contribution in [3.8, 4) is 11.5 Å². The number of alkyl halides is 3. The molecule has 2 rings (SSSR count). The van der Waals surface area contributed by atoms with Crippen LogP contribution in [0.2, 0.25) is 0 Å². The lowest BCUT2D eigenvalue weighted by atomic mass is 10.0. The van der Waals surface area contributed by atoms with Gasteiger partial charge in [-0.1, -0.05) is 41.5 Å². The van der Waals surface area contributed by atoms with Crippen LogP contribution in [0.1, 0.15) is 55.1 Å². The fraction of sp³-hybridized carbons (Fsp3) is 0.296. The molecule has 0 aliphatic carbocycles. The summed E-state index contributed by atoms with van der Waals surface area (Å²) in [5.41, 5.74) is 1.92. The minimum Gasteiger partial charge on any atom is -0.493 e. The third-order valence-electron chi connectivity index (χ3n) is 4.89. The number of ketones is 1. The molecule has 0 amide bonds. The van der Waals surface area contributed by atoms with E-state index in [0.29, 0.717) is 18.1 Å². The van der Waals surface area contributed by atoms with Gasteiger partial charge in [-0.25, -0.2) is 0 Å². The van der Waals surface area contributed by atoms with Gasteiger partial charge in [0.15, 0.2) is 17.3 Å². The molecule has 0 saturated carbocycles. The molecule has 6 heteroatoms. The fourth-order valence-corrected chi connectivity index (χ4v) is 3.07. The lowest BCUT2D eigenvalue weighted by Crippen LogP contribution is -2.07. The van der Waals surface area contributed by atoms with Crippen molar-refractivity contribution in [3.63, 3.8) is 0 Å². The van der Waals surface area contributed by atoms with Crippen molar-refractivity contribution in [3.05, 3.63) is 88.5 Å². The molecule has 0 radical (unpaired) electrons. The van der Waals surface area contributed by atoms with Gasteiger partial charge in [0.2, 0.25) is 0 Å². The number of methoxy groups -OCH3 is 1. The van der Waals surface area contributed by atoms with Gasteiger partial charge in [0.25, 0.3) is 0 Å². The van der Waals surface area contributed by atoms with Crippen molar-refractivity contribution in [2.75, 3.05) is 13.7 Å². The summed E-state index contributed by atoms with van der Waals surface area (Å²) in [5.74, 6) is 0.418. The van der Waals surface area contributed by atoms with E-state index in [4.69, 9.17) is 9.47 Å². The lowest BCUT2D eigenvalue weighted by molar-refractivity contribution is -0.137. The third kappa shape index (κ3) is 8.29. The molecule has 0 aliphatic heterocycles. The summed E-state index contributed by atoms with van der Waals surface area (Å²) in [6, 6.07) is 9.80. The summed E-state index contributed by atoms with van der Waals surface area (Å²) >= 11 is 0. The molecule has 3 nitrogen and oxygen atoms in total. The maximum atomic E-state index is 13.1. The molecule has 0 heterocycles. The van der Waals surface area contributed by atoms with Crippen molar-refractivity contribution in [2.45, 2.75) is 39.8 Å². The van der Waals surface area contributed by atoms with Gasteiger partial charge in [0.1, 0.15) is 6.61 Å². The Labute approximate surface area is 193 Å². The zero-order valence-corrected chi connectivity index (χ0v) is 19.3. The van der Waals surface area contributed by atoms with Crippen molar-refractivity contribution in [1.82, 2.24) is 0 Å². The van der Waals surface area contributed by atoms with Crippen LogP contribution in [0, 0.1) is 0 Å². The first-order valence-electron chi connectivity index (χ1n) is 10.6. The molecular formula is C27H29F3O3. The molecule has 0 bridgehead atoms. The maximum absolute atomic E-state index is 13.1. The summed E-state index contributed by atoms with van der Waals surface area (Å²) in [5, 5.41) is 0. The molecule has 0 saturated heterocycles. The van der Waals surface area contributed by atoms with Gasteiger partial charge < -0.3 is 9.47 Å². The van der Waals surface area contributed by atoms with E-state index in [1.165, 1.54) is 48.6 Å². The summed E-state index contributed by atoms with van der Waals surface area (Å²) in [4.78, 5) is 12.5. The first kappa shape index (κ1) is 26.0. The quantitative estimate of drug-likeness (QED) is 0.208. The van der Waals surface area contributed by atoms with E-state index >= 15 is 0 Å². The topological polar surface area (TPSA) is 35.5 Å². The van der Waals surface area contributed by atoms with Gasteiger partial charge in [-0.15, -0.1) is 0 Å². The normalized spacial score (nSPS) is 12.0. The number of hydrogen-bond acceptors (Lipinski definition) is 3. The monoisotopic (exact) mass is 458 g/mol. The second kappa shape index (κ2) is 12.1. The van der Waals surface area contributed by atoms with Gasteiger partial charge in [0, 0.05) is 5.56 Å². The Kier molecular flexibility index (Phi) is 9.52.